The second kappa shape index (κ2) is 11.2. The van der Waals surface area contributed by atoms with Gasteiger partial charge in [0.15, 0.2) is 5.96 Å². The first-order valence-electron chi connectivity index (χ1n) is 11.1. The fourth-order valence-electron chi connectivity index (χ4n) is 4.46. The maximum Gasteiger partial charge on any atom is 0.223 e. The van der Waals surface area contributed by atoms with Crippen LogP contribution in [0.15, 0.2) is 27.8 Å². The Morgan fingerprint density at radius 1 is 1.14 bits per heavy atom. The molecule has 1 aromatic heterocycles. The normalized spacial score (nSPS) is 23.2. The number of carbonyl (C=O) groups excluding carboxylic acids is 1. The highest BCUT2D eigenvalue weighted by Gasteiger charge is 2.39. The van der Waals surface area contributed by atoms with Crippen molar-refractivity contribution in [2.24, 2.45) is 16.8 Å². The van der Waals surface area contributed by atoms with E-state index in [4.69, 9.17) is 9.41 Å². The SMILES string of the molecule is I.O=C1CC(CN=C(NCCc2ccco2)NCC2CCCCC2)CN1C1CC1. The van der Waals surface area contributed by atoms with Crippen molar-refractivity contribution in [3.63, 3.8) is 0 Å². The van der Waals surface area contributed by atoms with Gasteiger partial charge in [0.2, 0.25) is 5.91 Å². The first-order chi connectivity index (χ1) is 13.8. The van der Waals surface area contributed by atoms with Crippen LogP contribution in [0.2, 0.25) is 0 Å². The lowest BCUT2D eigenvalue weighted by molar-refractivity contribution is -0.128. The zero-order chi connectivity index (χ0) is 19.2. The molecule has 0 bridgehead atoms. The second-order valence-corrected chi connectivity index (χ2v) is 8.68. The number of rotatable bonds is 8. The van der Waals surface area contributed by atoms with Crippen LogP contribution >= 0.6 is 24.0 Å². The van der Waals surface area contributed by atoms with Crippen molar-refractivity contribution in [3.05, 3.63) is 24.2 Å². The Morgan fingerprint density at radius 3 is 2.69 bits per heavy atom. The lowest BCUT2D eigenvalue weighted by Gasteiger charge is -2.23. The van der Waals surface area contributed by atoms with Crippen molar-refractivity contribution in [2.75, 3.05) is 26.2 Å². The summed E-state index contributed by atoms with van der Waals surface area (Å²) in [5.74, 6) is 3.30. The molecule has 1 unspecified atom stereocenters. The largest absolute Gasteiger partial charge is 0.469 e. The highest BCUT2D eigenvalue weighted by molar-refractivity contribution is 14.0. The van der Waals surface area contributed by atoms with Gasteiger partial charge in [0.1, 0.15) is 5.76 Å². The number of carbonyl (C=O) groups is 1. The summed E-state index contributed by atoms with van der Waals surface area (Å²) in [6, 6.07) is 4.45. The minimum atomic E-state index is 0. The first-order valence-corrected chi connectivity index (χ1v) is 11.1. The fraction of sp³-hybridized carbons (Fsp3) is 0.727. The van der Waals surface area contributed by atoms with Crippen LogP contribution < -0.4 is 10.6 Å². The summed E-state index contributed by atoms with van der Waals surface area (Å²) in [7, 11) is 0. The average molecular weight is 514 g/mol. The van der Waals surface area contributed by atoms with Gasteiger partial charge in [-0.15, -0.1) is 24.0 Å². The van der Waals surface area contributed by atoms with Crippen molar-refractivity contribution in [1.82, 2.24) is 15.5 Å². The molecule has 0 aromatic carbocycles. The Balaban J connectivity index is 0.00000240. The predicted octanol–water partition coefficient (Wildman–Crippen LogP) is 3.57. The fourth-order valence-corrected chi connectivity index (χ4v) is 4.46. The predicted molar refractivity (Wildman–Crippen MR) is 126 cm³/mol. The maximum atomic E-state index is 12.2. The van der Waals surface area contributed by atoms with E-state index in [-0.39, 0.29) is 24.0 Å². The molecular weight excluding hydrogens is 479 g/mol. The second-order valence-electron chi connectivity index (χ2n) is 8.68. The number of guanidine groups is 1. The number of likely N-dealkylation sites (tertiary alicyclic amines) is 1. The van der Waals surface area contributed by atoms with Crippen molar-refractivity contribution in [3.8, 4) is 0 Å². The number of nitrogens with zero attached hydrogens (tertiary/aromatic N) is 2. The molecule has 3 aliphatic rings. The lowest BCUT2D eigenvalue weighted by atomic mass is 9.89. The highest BCUT2D eigenvalue weighted by atomic mass is 127. The number of hydrogen-bond acceptors (Lipinski definition) is 3. The third kappa shape index (κ3) is 6.89. The molecule has 1 atom stereocenters. The molecular formula is C22H35IN4O2. The van der Waals surface area contributed by atoms with Gasteiger partial charge < -0.3 is 20.0 Å². The molecule has 2 saturated carbocycles. The Morgan fingerprint density at radius 2 is 1.97 bits per heavy atom. The van der Waals surface area contributed by atoms with Gasteiger partial charge in [0, 0.05) is 51.0 Å². The van der Waals surface area contributed by atoms with Crippen LogP contribution in [-0.4, -0.2) is 49.0 Å². The van der Waals surface area contributed by atoms with E-state index in [2.05, 4.69) is 15.5 Å². The molecule has 1 aromatic rings. The molecule has 162 valence electrons. The maximum absolute atomic E-state index is 12.2. The zero-order valence-electron chi connectivity index (χ0n) is 17.3. The number of halogens is 1. The van der Waals surface area contributed by atoms with Crippen LogP contribution in [0.25, 0.3) is 0 Å². The van der Waals surface area contributed by atoms with E-state index in [0.717, 1.165) is 50.2 Å². The van der Waals surface area contributed by atoms with E-state index in [1.54, 1.807) is 6.26 Å². The van der Waals surface area contributed by atoms with Gasteiger partial charge in [-0.1, -0.05) is 19.3 Å². The summed E-state index contributed by atoms with van der Waals surface area (Å²) in [5, 5.41) is 7.02. The van der Waals surface area contributed by atoms with Gasteiger partial charge in [0.05, 0.1) is 6.26 Å². The number of furan rings is 1. The molecule has 7 heteroatoms. The third-order valence-corrected chi connectivity index (χ3v) is 6.26. The molecule has 0 spiro atoms. The molecule has 2 N–H and O–H groups in total. The smallest absolute Gasteiger partial charge is 0.223 e. The van der Waals surface area contributed by atoms with Crippen LogP contribution in [0, 0.1) is 11.8 Å². The Hall–Kier alpha value is -1.25. The van der Waals surface area contributed by atoms with E-state index >= 15 is 0 Å². The summed E-state index contributed by atoms with van der Waals surface area (Å²) in [6.07, 6.45) is 12.3. The topological polar surface area (TPSA) is 69.9 Å². The van der Waals surface area contributed by atoms with Crippen LogP contribution in [0.4, 0.5) is 0 Å². The van der Waals surface area contributed by atoms with Gasteiger partial charge in [0.25, 0.3) is 0 Å². The van der Waals surface area contributed by atoms with E-state index in [9.17, 15) is 4.79 Å². The molecule has 2 aliphatic carbocycles. The van der Waals surface area contributed by atoms with E-state index in [0.29, 0.717) is 24.3 Å². The Bertz CT molecular complexity index is 654. The van der Waals surface area contributed by atoms with Crippen LogP contribution in [0.5, 0.6) is 0 Å². The van der Waals surface area contributed by atoms with E-state index < -0.39 is 0 Å². The summed E-state index contributed by atoms with van der Waals surface area (Å²) in [4.78, 5) is 19.1. The number of amides is 1. The summed E-state index contributed by atoms with van der Waals surface area (Å²) in [6.45, 7) is 3.39. The minimum absolute atomic E-state index is 0. The average Bonchev–Trinajstić information content (AvgIpc) is 3.29. The monoisotopic (exact) mass is 514 g/mol. The van der Waals surface area contributed by atoms with Crippen molar-refractivity contribution in [2.45, 2.75) is 63.8 Å². The summed E-state index contributed by atoms with van der Waals surface area (Å²) in [5.41, 5.74) is 0. The number of hydrogen-bond donors (Lipinski definition) is 2. The van der Waals surface area contributed by atoms with Crippen molar-refractivity contribution >= 4 is 35.8 Å². The highest BCUT2D eigenvalue weighted by Crippen LogP contribution is 2.32. The molecule has 3 fully saturated rings. The number of aliphatic imine (C=N–C) groups is 1. The van der Waals surface area contributed by atoms with E-state index in [1.807, 2.05) is 12.1 Å². The van der Waals surface area contributed by atoms with Gasteiger partial charge in [-0.05, 0) is 43.7 Å². The van der Waals surface area contributed by atoms with Gasteiger partial charge >= 0.3 is 0 Å². The van der Waals surface area contributed by atoms with Gasteiger partial charge in [-0.3, -0.25) is 9.79 Å². The Labute approximate surface area is 191 Å². The quantitative estimate of drug-likeness (QED) is 0.316. The number of nitrogens with one attached hydrogen (secondary N) is 2. The van der Waals surface area contributed by atoms with Crippen LogP contribution in [0.3, 0.4) is 0 Å². The van der Waals surface area contributed by atoms with Crippen molar-refractivity contribution < 1.29 is 9.21 Å². The molecule has 2 heterocycles. The molecule has 4 rings (SSSR count). The summed E-state index contributed by atoms with van der Waals surface area (Å²) >= 11 is 0. The standard InChI is InChI=1S/C22H34N4O2.HI/c27-21-13-18(16-26(21)19-8-9-19)15-25-22(23-11-10-20-7-4-12-28-20)24-14-17-5-2-1-3-6-17;/h4,7,12,17-19H,1-3,5-6,8-11,13-16H2,(H2,23,24,25);1H. The van der Waals surface area contributed by atoms with Crippen LogP contribution in [-0.2, 0) is 11.2 Å². The lowest BCUT2D eigenvalue weighted by Crippen LogP contribution is -2.41. The third-order valence-electron chi connectivity index (χ3n) is 6.26. The molecule has 0 radical (unpaired) electrons. The molecule has 1 aliphatic heterocycles. The van der Waals surface area contributed by atoms with Gasteiger partial charge in [-0.25, -0.2) is 0 Å². The van der Waals surface area contributed by atoms with E-state index in [1.165, 1.54) is 44.9 Å². The minimum Gasteiger partial charge on any atom is -0.469 e. The molecule has 1 amide bonds. The molecule has 1 saturated heterocycles. The van der Waals surface area contributed by atoms with Crippen molar-refractivity contribution in [1.29, 1.82) is 0 Å². The zero-order valence-corrected chi connectivity index (χ0v) is 19.6. The van der Waals surface area contributed by atoms with Crippen LogP contribution in [0.1, 0.15) is 57.1 Å². The molecule has 6 nitrogen and oxygen atoms in total. The van der Waals surface area contributed by atoms with Gasteiger partial charge in [-0.2, -0.15) is 0 Å². The first kappa shape index (κ1) is 22.4. The molecule has 29 heavy (non-hydrogen) atoms. The summed E-state index contributed by atoms with van der Waals surface area (Å²) < 4.78 is 5.42. The Kier molecular flexibility index (Phi) is 8.68.